The fourth-order valence-electron chi connectivity index (χ4n) is 1.65. The standard InChI is InChI=1S/C15H22ClN3O2.ClH/c1-9(11(3)17)15(21)18-8-7-14(20)19-13-6-4-5-12(16)10(13)2;/h4-6,9,11H,7-8,17H2,1-3H3,(H,18,21)(H,19,20);1H. The predicted octanol–water partition coefficient (Wildman–Crippen LogP) is 2.50. The Balaban J connectivity index is 0.00000441. The zero-order valence-corrected chi connectivity index (χ0v) is 14.6. The van der Waals surface area contributed by atoms with Gasteiger partial charge >= 0.3 is 0 Å². The lowest BCUT2D eigenvalue weighted by Crippen LogP contribution is -2.39. The molecule has 0 aliphatic rings. The lowest BCUT2D eigenvalue weighted by atomic mass is 10.0. The second kappa shape index (κ2) is 9.66. The lowest BCUT2D eigenvalue weighted by molar-refractivity contribution is -0.125. The van der Waals surface area contributed by atoms with Gasteiger partial charge in [-0.05, 0) is 31.5 Å². The molecule has 1 aromatic rings. The third-order valence-electron chi connectivity index (χ3n) is 3.40. The number of carbonyl (C=O) groups excluding carboxylic acids is 2. The summed E-state index contributed by atoms with van der Waals surface area (Å²) in [5, 5.41) is 6.08. The SMILES string of the molecule is Cc1c(Cl)cccc1NC(=O)CCNC(=O)C(C)C(C)N.Cl. The summed E-state index contributed by atoms with van der Waals surface area (Å²) in [5.41, 5.74) is 7.15. The van der Waals surface area contributed by atoms with Crippen molar-refractivity contribution in [1.29, 1.82) is 0 Å². The van der Waals surface area contributed by atoms with Gasteiger partial charge < -0.3 is 16.4 Å². The summed E-state index contributed by atoms with van der Waals surface area (Å²) < 4.78 is 0. The third-order valence-corrected chi connectivity index (χ3v) is 3.80. The molecule has 0 fully saturated rings. The smallest absolute Gasteiger partial charge is 0.226 e. The Morgan fingerprint density at radius 1 is 1.32 bits per heavy atom. The van der Waals surface area contributed by atoms with Gasteiger partial charge in [-0.15, -0.1) is 12.4 Å². The molecule has 0 bridgehead atoms. The number of nitrogens with two attached hydrogens (primary N) is 1. The largest absolute Gasteiger partial charge is 0.355 e. The Kier molecular flexibility index (Phi) is 9.09. The van der Waals surface area contributed by atoms with Gasteiger partial charge in [0.05, 0.1) is 0 Å². The van der Waals surface area contributed by atoms with Crippen molar-refractivity contribution in [2.24, 2.45) is 11.7 Å². The van der Waals surface area contributed by atoms with Crippen LogP contribution in [0.25, 0.3) is 0 Å². The van der Waals surface area contributed by atoms with Crippen LogP contribution in [0.2, 0.25) is 5.02 Å². The number of hydrogen-bond acceptors (Lipinski definition) is 3. The van der Waals surface area contributed by atoms with Crippen LogP contribution < -0.4 is 16.4 Å². The molecule has 1 rings (SSSR count). The Morgan fingerprint density at radius 3 is 2.55 bits per heavy atom. The van der Waals surface area contributed by atoms with Crippen LogP contribution in [0.3, 0.4) is 0 Å². The first-order chi connectivity index (χ1) is 9.82. The second-order valence-electron chi connectivity index (χ2n) is 5.15. The lowest BCUT2D eigenvalue weighted by Gasteiger charge is -2.15. The Hall–Kier alpha value is -1.30. The quantitative estimate of drug-likeness (QED) is 0.739. The minimum atomic E-state index is -0.275. The molecule has 22 heavy (non-hydrogen) atoms. The summed E-state index contributed by atoms with van der Waals surface area (Å²) in [6.07, 6.45) is 0.198. The molecule has 2 atom stereocenters. The van der Waals surface area contributed by atoms with Crippen molar-refractivity contribution in [3.05, 3.63) is 28.8 Å². The summed E-state index contributed by atoms with van der Waals surface area (Å²) in [7, 11) is 0. The number of benzene rings is 1. The molecular formula is C15H23Cl2N3O2. The minimum Gasteiger partial charge on any atom is -0.355 e. The fraction of sp³-hybridized carbons (Fsp3) is 0.467. The van der Waals surface area contributed by atoms with Gasteiger partial charge in [-0.3, -0.25) is 9.59 Å². The van der Waals surface area contributed by atoms with E-state index in [4.69, 9.17) is 17.3 Å². The summed E-state index contributed by atoms with van der Waals surface area (Å²) in [5.74, 6) is -0.589. The van der Waals surface area contributed by atoms with Crippen LogP contribution in [0.1, 0.15) is 25.8 Å². The minimum absolute atomic E-state index is 0. The van der Waals surface area contributed by atoms with Crippen molar-refractivity contribution >= 4 is 41.5 Å². The van der Waals surface area contributed by atoms with Crippen LogP contribution in [-0.2, 0) is 9.59 Å². The van der Waals surface area contributed by atoms with E-state index in [1.54, 1.807) is 32.0 Å². The van der Waals surface area contributed by atoms with E-state index >= 15 is 0 Å². The number of halogens is 2. The van der Waals surface area contributed by atoms with Crippen molar-refractivity contribution in [2.75, 3.05) is 11.9 Å². The first-order valence-electron chi connectivity index (χ1n) is 6.91. The van der Waals surface area contributed by atoms with Gasteiger partial charge in [0.2, 0.25) is 11.8 Å². The fourth-order valence-corrected chi connectivity index (χ4v) is 1.83. The summed E-state index contributed by atoms with van der Waals surface area (Å²) >= 11 is 5.99. The highest BCUT2D eigenvalue weighted by Gasteiger charge is 2.16. The maximum atomic E-state index is 11.8. The maximum absolute atomic E-state index is 11.8. The van der Waals surface area contributed by atoms with E-state index in [1.807, 2.05) is 6.92 Å². The third kappa shape index (κ3) is 6.22. The molecule has 1 aromatic carbocycles. The molecule has 0 radical (unpaired) electrons. The average Bonchev–Trinajstić information content (AvgIpc) is 2.42. The van der Waals surface area contributed by atoms with Crippen LogP contribution in [0.5, 0.6) is 0 Å². The van der Waals surface area contributed by atoms with Gasteiger partial charge in [-0.25, -0.2) is 0 Å². The zero-order chi connectivity index (χ0) is 16.0. The first kappa shape index (κ1) is 20.7. The normalized spacial score (nSPS) is 12.8. The maximum Gasteiger partial charge on any atom is 0.226 e. The number of hydrogen-bond donors (Lipinski definition) is 3. The van der Waals surface area contributed by atoms with Gasteiger partial charge in [-0.2, -0.15) is 0 Å². The molecule has 0 heterocycles. The topological polar surface area (TPSA) is 84.2 Å². The van der Waals surface area contributed by atoms with Crippen molar-refractivity contribution in [3.8, 4) is 0 Å². The molecule has 124 valence electrons. The molecule has 2 unspecified atom stereocenters. The van der Waals surface area contributed by atoms with Crippen molar-refractivity contribution < 1.29 is 9.59 Å². The number of anilines is 1. The molecule has 0 aliphatic carbocycles. The zero-order valence-electron chi connectivity index (χ0n) is 13.0. The number of nitrogens with one attached hydrogen (secondary N) is 2. The van der Waals surface area contributed by atoms with Gasteiger partial charge in [-0.1, -0.05) is 24.6 Å². The highest BCUT2D eigenvalue weighted by Crippen LogP contribution is 2.22. The predicted molar refractivity (Wildman–Crippen MR) is 92.5 cm³/mol. The van der Waals surface area contributed by atoms with E-state index in [9.17, 15) is 9.59 Å². The summed E-state index contributed by atoms with van der Waals surface area (Å²) in [4.78, 5) is 23.5. The van der Waals surface area contributed by atoms with Crippen LogP contribution in [0.15, 0.2) is 18.2 Å². The van der Waals surface area contributed by atoms with Gasteiger partial charge in [0, 0.05) is 35.6 Å². The van der Waals surface area contributed by atoms with E-state index in [1.165, 1.54) is 0 Å². The molecule has 0 aliphatic heterocycles. The molecule has 2 amide bonds. The average molecular weight is 348 g/mol. The molecule has 4 N–H and O–H groups in total. The molecule has 0 saturated carbocycles. The first-order valence-corrected chi connectivity index (χ1v) is 7.29. The van der Waals surface area contributed by atoms with Crippen molar-refractivity contribution in [2.45, 2.75) is 33.2 Å². The van der Waals surface area contributed by atoms with Crippen molar-refractivity contribution in [1.82, 2.24) is 5.32 Å². The van der Waals surface area contributed by atoms with E-state index in [2.05, 4.69) is 10.6 Å². The van der Waals surface area contributed by atoms with E-state index in [0.29, 0.717) is 10.7 Å². The highest BCUT2D eigenvalue weighted by atomic mass is 35.5. The van der Waals surface area contributed by atoms with Crippen LogP contribution in [0.4, 0.5) is 5.69 Å². The highest BCUT2D eigenvalue weighted by molar-refractivity contribution is 6.31. The summed E-state index contributed by atoms with van der Waals surface area (Å²) in [6.45, 7) is 5.65. The second-order valence-corrected chi connectivity index (χ2v) is 5.56. The van der Waals surface area contributed by atoms with E-state index in [-0.39, 0.29) is 49.1 Å². The van der Waals surface area contributed by atoms with Crippen molar-refractivity contribution in [3.63, 3.8) is 0 Å². The molecule has 5 nitrogen and oxygen atoms in total. The molecular weight excluding hydrogens is 325 g/mol. The summed E-state index contributed by atoms with van der Waals surface area (Å²) in [6, 6.07) is 5.11. The Bertz CT molecular complexity index is 522. The molecule has 7 heteroatoms. The number of amides is 2. The number of rotatable bonds is 6. The van der Waals surface area contributed by atoms with Crippen LogP contribution >= 0.6 is 24.0 Å². The van der Waals surface area contributed by atoms with Gasteiger partial charge in [0.1, 0.15) is 0 Å². The molecule has 0 aromatic heterocycles. The number of carbonyl (C=O) groups is 2. The monoisotopic (exact) mass is 347 g/mol. The molecule has 0 spiro atoms. The van der Waals surface area contributed by atoms with Gasteiger partial charge in [0.25, 0.3) is 0 Å². The van der Waals surface area contributed by atoms with E-state index < -0.39 is 0 Å². The van der Waals surface area contributed by atoms with Crippen LogP contribution in [-0.4, -0.2) is 24.4 Å². The van der Waals surface area contributed by atoms with Crippen LogP contribution in [0, 0.1) is 12.8 Å². The Labute approximate surface area is 142 Å². The van der Waals surface area contributed by atoms with E-state index in [0.717, 1.165) is 5.56 Å². The molecule has 0 saturated heterocycles. The Morgan fingerprint density at radius 2 is 1.95 bits per heavy atom. The van der Waals surface area contributed by atoms with Gasteiger partial charge in [0.15, 0.2) is 0 Å².